The number of ether oxygens (including phenoxy) is 1. The van der Waals surface area contributed by atoms with Crippen molar-refractivity contribution in [1.82, 2.24) is 14.8 Å². The Morgan fingerprint density at radius 3 is 2.89 bits per heavy atom. The fourth-order valence-corrected chi connectivity index (χ4v) is 1.61. The summed E-state index contributed by atoms with van der Waals surface area (Å²) in [6.45, 7) is 0.498. The van der Waals surface area contributed by atoms with Gasteiger partial charge in [-0.25, -0.2) is 4.79 Å². The largest absolute Gasteiger partial charge is 0.465 e. The molecule has 3 N–H and O–H groups in total. The van der Waals surface area contributed by atoms with E-state index < -0.39 is 5.97 Å². The van der Waals surface area contributed by atoms with Crippen LogP contribution in [-0.4, -0.2) is 27.8 Å². The van der Waals surface area contributed by atoms with Gasteiger partial charge in [-0.1, -0.05) is 0 Å². The molecule has 0 saturated carbocycles. The summed E-state index contributed by atoms with van der Waals surface area (Å²) >= 11 is 0. The molecule has 2 aromatic rings. The maximum atomic E-state index is 11.3. The van der Waals surface area contributed by atoms with Gasteiger partial charge in [-0.05, 0) is 18.2 Å². The third-order valence-corrected chi connectivity index (χ3v) is 2.71. The Hall–Kier alpha value is -2.57. The second-order valence-electron chi connectivity index (χ2n) is 4.01. The average molecular weight is 261 g/mol. The fourth-order valence-electron chi connectivity index (χ4n) is 1.61. The molecule has 0 saturated heterocycles. The van der Waals surface area contributed by atoms with E-state index in [1.54, 1.807) is 24.5 Å². The van der Waals surface area contributed by atoms with E-state index in [-0.39, 0.29) is 0 Å². The first kappa shape index (κ1) is 12.9. The van der Waals surface area contributed by atoms with Gasteiger partial charge >= 0.3 is 5.97 Å². The molecule has 19 heavy (non-hydrogen) atoms. The quantitative estimate of drug-likeness (QED) is 0.624. The standard InChI is InChI=1S/C12H15N5O2/c1-17-7-15-16-11(17)6-14-10-4-3-8(5-9(10)13)12(18)19-2/h3-5,7,14H,6,13H2,1-2H3. The van der Waals surface area contributed by atoms with Crippen LogP contribution in [0.15, 0.2) is 24.5 Å². The SMILES string of the molecule is COC(=O)c1ccc(NCc2nncn2C)c(N)c1. The molecule has 7 heteroatoms. The van der Waals surface area contributed by atoms with E-state index in [0.29, 0.717) is 17.8 Å². The summed E-state index contributed by atoms with van der Waals surface area (Å²) in [5.41, 5.74) is 7.51. The van der Waals surface area contributed by atoms with E-state index in [1.165, 1.54) is 7.11 Å². The molecule has 0 aliphatic carbocycles. The zero-order chi connectivity index (χ0) is 13.8. The highest BCUT2D eigenvalue weighted by Gasteiger charge is 2.08. The van der Waals surface area contributed by atoms with Gasteiger partial charge in [-0.2, -0.15) is 0 Å². The van der Waals surface area contributed by atoms with Gasteiger partial charge in [-0.15, -0.1) is 10.2 Å². The number of nitrogens with zero attached hydrogens (tertiary/aromatic N) is 3. The maximum Gasteiger partial charge on any atom is 0.337 e. The number of hydrogen-bond donors (Lipinski definition) is 2. The fraction of sp³-hybridized carbons (Fsp3) is 0.250. The normalized spacial score (nSPS) is 10.2. The van der Waals surface area contributed by atoms with Crippen LogP contribution in [0.1, 0.15) is 16.2 Å². The van der Waals surface area contributed by atoms with Crippen molar-refractivity contribution < 1.29 is 9.53 Å². The summed E-state index contributed by atoms with van der Waals surface area (Å²) in [4.78, 5) is 11.3. The smallest absolute Gasteiger partial charge is 0.337 e. The van der Waals surface area contributed by atoms with Crippen molar-refractivity contribution in [3.63, 3.8) is 0 Å². The lowest BCUT2D eigenvalue weighted by Crippen LogP contribution is -2.08. The van der Waals surface area contributed by atoms with E-state index in [1.807, 2.05) is 11.6 Å². The number of aromatic nitrogens is 3. The molecule has 0 amide bonds. The molecule has 0 atom stereocenters. The van der Waals surface area contributed by atoms with Gasteiger partial charge in [-0.3, -0.25) is 0 Å². The van der Waals surface area contributed by atoms with Crippen LogP contribution in [0.3, 0.4) is 0 Å². The Bertz CT molecular complexity index is 594. The lowest BCUT2D eigenvalue weighted by molar-refractivity contribution is 0.0601. The van der Waals surface area contributed by atoms with Gasteiger partial charge in [0.25, 0.3) is 0 Å². The van der Waals surface area contributed by atoms with Gasteiger partial charge in [0.15, 0.2) is 5.82 Å². The van der Waals surface area contributed by atoms with Crippen molar-refractivity contribution >= 4 is 17.3 Å². The van der Waals surface area contributed by atoms with E-state index in [9.17, 15) is 4.79 Å². The highest BCUT2D eigenvalue weighted by molar-refractivity contribution is 5.91. The highest BCUT2D eigenvalue weighted by atomic mass is 16.5. The van der Waals surface area contributed by atoms with Crippen molar-refractivity contribution in [1.29, 1.82) is 0 Å². The van der Waals surface area contributed by atoms with E-state index >= 15 is 0 Å². The summed E-state index contributed by atoms with van der Waals surface area (Å²) < 4.78 is 6.44. The van der Waals surface area contributed by atoms with Crippen LogP contribution in [-0.2, 0) is 18.3 Å². The molecule has 0 bridgehead atoms. The predicted molar refractivity (Wildman–Crippen MR) is 70.5 cm³/mol. The van der Waals surface area contributed by atoms with Gasteiger partial charge in [0, 0.05) is 7.05 Å². The number of anilines is 2. The molecule has 0 fully saturated rings. The van der Waals surface area contributed by atoms with Crippen molar-refractivity contribution in [3.8, 4) is 0 Å². The summed E-state index contributed by atoms with van der Waals surface area (Å²) in [7, 11) is 3.19. The first-order valence-electron chi connectivity index (χ1n) is 5.66. The van der Waals surface area contributed by atoms with Gasteiger partial charge in [0.1, 0.15) is 6.33 Å². The molecule has 1 heterocycles. The molecular formula is C12H15N5O2. The number of hydrogen-bond acceptors (Lipinski definition) is 6. The van der Waals surface area contributed by atoms with Crippen LogP contribution in [0.4, 0.5) is 11.4 Å². The summed E-state index contributed by atoms with van der Waals surface area (Å²) in [5.74, 6) is 0.378. The molecule has 1 aromatic heterocycles. The first-order chi connectivity index (χ1) is 9.11. The third-order valence-electron chi connectivity index (χ3n) is 2.71. The van der Waals surface area contributed by atoms with Crippen molar-refractivity contribution in [2.45, 2.75) is 6.54 Å². The van der Waals surface area contributed by atoms with Crippen LogP contribution in [0.2, 0.25) is 0 Å². The molecule has 0 spiro atoms. The molecule has 0 aliphatic heterocycles. The lowest BCUT2D eigenvalue weighted by Gasteiger charge is -2.10. The Morgan fingerprint density at radius 2 is 2.32 bits per heavy atom. The molecule has 1 aromatic carbocycles. The van der Waals surface area contributed by atoms with Crippen LogP contribution in [0.25, 0.3) is 0 Å². The number of nitrogens with one attached hydrogen (secondary N) is 1. The number of carbonyl (C=O) groups is 1. The van der Waals surface area contributed by atoms with E-state index in [4.69, 9.17) is 5.73 Å². The monoisotopic (exact) mass is 261 g/mol. The molecule has 7 nitrogen and oxygen atoms in total. The Morgan fingerprint density at radius 1 is 1.53 bits per heavy atom. The molecule has 0 radical (unpaired) electrons. The molecule has 100 valence electrons. The Kier molecular flexibility index (Phi) is 3.65. The Labute approximate surface area is 110 Å². The number of rotatable bonds is 4. The summed E-state index contributed by atoms with van der Waals surface area (Å²) in [6.07, 6.45) is 1.63. The molecule has 0 aliphatic rings. The van der Waals surface area contributed by atoms with Gasteiger partial charge in [0.05, 0.1) is 30.6 Å². The summed E-state index contributed by atoms with van der Waals surface area (Å²) in [6, 6.07) is 4.96. The average Bonchev–Trinajstić information content (AvgIpc) is 2.82. The predicted octanol–water partition coefficient (Wildman–Crippen LogP) is 0.796. The van der Waals surface area contributed by atoms with E-state index in [2.05, 4.69) is 20.3 Å². The maximum absolute atomic E-state index is 11.3. The zero-order valence-electron chi connectivity index (χ0n) is 10.8. The third kappa shape index (κ3) is 2.82. The number of esters is 1. The van der Waals surface area contributed by atoms with E-state index in [0.717, 1.165) is 11.5 Å². The minimum atomic E-state index is -0.411. The second kappa shape index (κ2) is 5.38. The summed E-state index contributed by atoms with van der Waals surface area (Å²) in [5, 5.41) is 10.9. The Balaban J connectivity index is 2.09. The van der Waals surface area contributed by atoms with Gasteiger partial charge < -0.3 is 20.4 Å². The minimum Gasteiger partial charge on any atom is -0.465 e. The van der Waals surface area contributed by atoms with Gasteiger partial charge in [0.2, 0.25) is 0 Å². The number of carbonyl (C=O) groups excluding carboxylic acids is 1. The van der Waals surface area contributed by atoms with Crippen molar-refractivity contribution in [2.75, 3.05) is 18.2 Å². The van der Waals surface area contributed by atoms with Crippen LogP contribution in [0.5, 0.6) is 0 Å². The second-order valence-corrected chi connectivity index (χ2v) is 4.01. The topological polar surface area (TPSA) is 95.1 Å². The number of nitrogens with two attached hydrogens (primary N) is 1. The number of aryl methyl sites for hydroxylation is 1. The molecule has 2 rings (SSSR count). The van der Waals surface area contributed by atoms with Crippen LogP contribution >= 0.6 is 0 Å². The highest BCUT2D eigenvalue weighted by Crippen LogP contribution is 2.20. The zero-order valence-corrected chi connectivity index (χ0v) is 10.8. The molecular weight excluding hydrogens is 246 g/mol. The van der Waals surface area contributed by atoms with Crippen molar-refractivity contribution in [2.24, 2.45) is 7.05 Å². The van der Waals surface area contributed by atoms with Crippen molar-refractivity contribution in [3.05, 3.63) is 35.9 Å². The minimum absolute atomic E-state index is 0.411. The van der Waals surface area contributed by atoms with Crippen LogP contribution < -0.4 is 11.1 Å². The van der Waals surface area contributed by atoms with Crippen LogP contribution in [0, 0.1) is 0 Å². The number of nitrogen functional groups attached to an aromatic ring is 1. The number of methoxy groups -OCH3 is 1. The first-order valence-corrected chi connectivity index (χ1v) is 5.66. The lowest BCUT2D eigenvalue weighted by atomic mass is 10.1. The number of benzene rings is 1. The molecule has 0 unspecified atom stereocenters.